The van der Waals surface area contributed by atoms with Crippen LogP contribution in [0.15, 0.2) is 4.99 Å². The highest BCUT2D eigenvalue weighted by molar-refractivity contribution is 14.0. The van der Waals surface area contributed by atoms with E-state index in [2.05, 4.69) is 16.2 Å². The summed E-state index contributed by atoms with van der Waals surface area (Å²) in [5, 5.41) is 2.51. The lowest BCUT2D eigenvalue weighted by Crippen LogP contribution is -2.38. The minimum Gasteiger partial charge on any atom is -0.370 e. The summed E-state index contributed by atoms with van der Waals surface area (Å²) >= 11 is 0. The number of hydrogen-bond donors (Lipinski definition) is 2. The van der Waals surface area contributed by atoms with Gasteiger partial charge in [0.2, 0.25) is 5.91 Å². The van der Waals surface area contributed by atoms with E-state index in [1.54, 1.807) is 0 Å². The molecule has 0 aromatic carbocycles. The Labute approximate surface area is 114 Å². The van der Waals surface area contributed by atoms with E-state index in [9.17, 15) is 4.79 Å². The Morgan fingerprint density at radius 2 is 2.06 bits per heavy atom. The molecule has 0 aliphatic rings. The van der Waals surface area contributed by atoms with Crippen LogP contribution in [0.3, 0.4) is 0 Å². The van der Waals surface area contributed by atoms with E-state index in [1.807, 2.05) is 18.7 Å². The van der Waals surface area contributed by atoms with Gasteiger partial charge in [-0.05, 0) is 13.8 Å². The smallest absolute Gasteiger partial charge is 0.242 e. The van der Waals surface area contributed by atoms with Crippen LogP contribution in [0, 0.1) is 12.3 Å². The van der Waals surface area contributed by atoms with Gasteiger partial charge in [0, 0.05) is 13.1 Å². The molecule has 0 rings (SSSR count). The van der Waals surface area contributed by atoms with E-state index in [0.717, 1.165) is 13.1 Å². The van der Waals surface area contributed by atoms with E-state index >= 15 is 0 Å². The number of amides is 1. The van der Waals surface area contributed by atoms with Crippen LogP contribution < -0.4 is 11.1 Å². The number of nitrogens with one attached hydrogen (secondary N) is 1. The van der Waals surface area contributed by atoms with Crippen molar-refractivity contribution in [2.45, 2.75) is 13.8 Å². The number of nitrogens with zero attached hydrogens (tertiary/aromatic N) is 2. The maximum absolute atomic E-state index is 11.1. The number of carbonyl (C=O) groups is 1. The Morgan fingerprint density at radius 3 is 2.50 bits per heavy atom. The predicted molar refractivity (Wildman–Crippen MR) is 76.7 cm³/mol. The maximum atomic E-state index is 11.1. The lowest BCUT2D eigenvalue weighted by atomic mass is 10.5. The van der Waals surface area contributed by atoms with Crippen LogP contribution >= 0.6 is 24.0 Å². The summed E-state index contributed by atoms with van der Waals surface area (Å²) in [5.41, 5.74) is 5.67. The number of nitrogens with two attached hydrogens (primary N) is 1. The Morgan fingerprint density at radius 1 is 1.50 bits per heavy atom. The van der Waals surface area contributed by atoms with Crippen molar-refractivity contribution < 1.29 is 4.79 Å². The van der Waals surface area contributed by atoms with Gasteiger partial charge in [-0.25, -0.2) is 4.99 Å². The van der Waals surface area contributed by atoms with Gasteiger partial charge in [0.25, 0.3) is 0 Å². The van der Waals surface area contributed by atoms with Crippen LogP contribution in [0.4, 0.5) is 0 Å². The third-order valence-corrected chi connectivity index (χ3v) is 1.86. The van der Waals surface area contributed by atoms with Crippen LogP contribution in [0.2, 0.25) is 0 Å². The third kappa shape index (κ3) is 7.34. The highest BCUT2D eigenvalue weighted by Gasteiger charge is 2.03. The Kier molecular flexibility index (Phi) is 11.5. The van der Waals surface area contributed by atoms with Crippen molar-refractivity contribution in [3.8, 4) is 12.3 Å². The number of terminal acetylenes is 1. The molecule has 0 atom stereocenters. The minimum absolute atomic E-state index is 0. The molecule has 3 N–H and O–H groups in total. The van der Waals surface area contributed by atoms with Crippen molar-refractivity contribution in [3.05, 3.63) is 0 Å². The molecule has 0 aromatic rings. The topological polar surface area (TPSA) is 70.7 Å². The molecule has 0 fully saturated rings. The lowest BCUT2D eigenvalue weighted by molar-refractivity contribution is -0.119. The number of aliphatic imine (C=N–C) groups is 1. The van der Waals surface area contributed by atoms with E-state index in [1.165, 1.54) is 0 Å². The van der Waals surface area contributed by atoms with Crippen LogP contribution in [0.5, 0.6) is 0 Å². The fourth-order valence-electron chi connectivity index (χ4n) is 1.01. The van der Waals surface area contributed by atoms with Gasteiger partial charge in [-0.1, -0.05) is 5.92 Å². The fourth-order valence-corrected chi connectivity index (χ4v) is 1.01. The molecule has 0 saturated carbocycles. The van der Waals surface area contributed by atoms with Crippen molar-refractivity contribution in [2.75, 3.05) is 26.2 Å². The Bertz CT molecular complexity index is 268. The first-order chi connectivity index (χ1) is 7.15. The molecule has 0 aromatic heterocycles. The summed E-state index contributed by atoms with van der Waals surface area (Å²) < 4.78 is 0. The van der Waals surface area contributed by atoms with E-state index in [-0.39, 0.29) is 43.0 Å². The molecule has 0 spiro atoms. The quantitative estimate of drug-likeness (QED) is 0.321. The highest BCUT2D eigenvalue weighted by Crippen LogP contribution is 1.86. The Hall–Kier alpha value is -0.970. The first kappa shape index (κ1) is 17.4. The number of halogens is 1. The van der Waals surface area contributed by atoms with Crippen molar-refractivity contribution in [2.24, 2.45) is 10.7 Å². The summed E-state index contributed by atoms with van der Waals surface area (Å²) in [7, 11) is 0. The van der Waals surface area contributed by atoms with E-state index in [4.69, 9.17) is 12.2 Å². The Balaban J connectivity index is 0. The predicted octanol–water partition coefficient (Wildman–Crippen LogP) is 0.0103. The largest absolute Gasteiger partial charge is 0.370 e. The number of hydrogen-bond acceptors (Lipinski definition) is 2. The first-order valence-electron chi connectivity index (χ1n) is 4.90. The van der Waals surface area contributed by atoms with Crippen molar-refractivity contribution in [1.29, 1.82) is 0 Å². The number of rotatable bonds is 5. The van der Waals surface area contributed by atoms with Gasteiger partial charge in [0.1, 0.15) is 6.54 Å². The zero-order valence-corrected chi connectivity index (χ0v) is 12.0. The monoisotopic (exact) mass is 338 g/mol. The SMILES string of the molecule is C#CCNC(=O)CN=C(N)N(CC)CC.I. The van der Waals surface area contributed by atoms with Crippen molar-refractivity contribution >= 4 is 35.8 Å². The molecule has 5 nitrogen and oxygen atoms in total. The molecule has 0 radical (unpaired) electrons. The summed E-state index contributed by atoms with van der Waals surface area (Å²) in [6, 6.07) is 0. The molecular formula is C10H19IN4O. The third-order valence-electron chi connectivity index (χ3n) is 1.86. The molecule has 0 aliphatic heterocycles. The van der Waals surface area contributed by atoms with Gasteiger partial charge in [-0.2, -0.15) is 0 Å². The molecular weight excluding hydrogens is 319 g/mol. The zero-order valence-electron chi connectivity index (χ0n) is 9.69. The average molecular weight is 338 g/mol. The zero-order chi connectivity index (χ0) is 11.7. The molecule has 0 saturated heterocycles. The number of carbonyl (C=O) groups excluding carboxylic acids is 1. The van der Waals surface area contributed by atoms with E-state index in [0.29, 0.717) is 5.96 Å². The molecule has 0 heterocycles. The molecule has 0 unspecified atom stereocenters. The molecule has 1 amide bonds. The maximum Gasteiger partial charge on any atom is 0.242 e. The standard InChI is InChI=1S/C10H18N4O.HI/c1-4-7-12-9(15)8-13-10(11)14(5-2)6-3;/h1H,5-8H2,2-3H3,(H2,11,13)(H,12,15);1H. The van der Waals surface area contributed by atoms with Crippen LogP contribution in [-0.4, -0.2) is 42.9 Å². The van der Waals surface area contributed by atoms with Gasteiger partial charge >= 0.3 is 0 Å². The van der Waals surface area contributed by atoms with Crippen molar-refractivity contribution in [3.63, 3.8) is 0 Å². The van der Waals surface area contributed by atoms with Crippen molar-refractivity contribution in [1.82, 2.24) is 10.2 Å². The van der Waals surface area contributed by atoms with E-state index < -0.39 is 0 Å². The summed E-state index contributed by atoms with van der Waals surface area (Å²) in [4.78, 5) is 16.9. The second-order valence-electron chi connectivity index (χ2n) is 2.83. The molecule has 6 heteroatoms. The second-order valence-corrected chi connectivity index (χ2v) is 2.83. The van der Waals surface area contributed by atoms with Gasteiger partial charge in [0.05, 0.1) is 6.54 Å². The average Bonchev–Trinajstić information content (AvgIpc) is 2.25. The summed E-state index contributed by atoms with van der Waals surface area (Å²) in [6.45, 7) is 5.74. The summed E-state index contributed by atoms with van der Waals surface area (Å²) in [6.07, 6.45) is 4.99. The van der Waals surface area contributed by atoms with Crippen LogP contribution in [0.25, 0.3) is 0 Å². The highest BCUT2D eigenvalue weighted by atomic mass is 127. The summed E-state index contributed by atoms with van der Waals surface area (Å²) in [5.74, 6) is 2.47. The minimum atomic E-state index is -0.219. The molecule has 0 aliphatic carbocycles. The van der Waals surface area contributed by atoms with Gasteiger partial charge < -0.3 is 16.0 Å². The van der Waals surface area contributed by atoms with Gasteiger partial charge in [-0.15, -0.1) is 30.4 Å². The molecule has 16 heavy (non-hydrogen) atoms. The molecule has 92 valence electrons. The molecule has 0 bridgehead atoms. The van der Waals surface area contributed by atoms with Gasteiger partial charge in [-0.3, -0.25) is 4.79 Å². The second kappa shape index (κ2) is 10.5. The number of guanidine groups is 1. The van der Waals surface area contributed by atoms with Gasteiger partial charge in [0.15, 0.2) is 5.96 Å². The lowest BCUT2D eigenvalue weighted by Gasteiger charge is -2.19. The van der Waals surface area contributed by atoms with Crippen LogP contribution in [-0.2, 0) is 4.79 Å². The normalized spacial score (nSPS) is 9.94. The first-order valence-corrected chi connectivity index (χ1v) is 4.90. The fraction of sp³-hybridized carbons (Fsp3) is 0.600. The van der Waals surface area contributed by atoms with Crippen LogP contribution in [0.1, 0.15) is 13.8 Å².